The Kier molecular flexibility index (Phi) is 23.4. The number of ether oxygens (including phenoxy) is 12. The van der Waals surface area contributed by atoms with Crippen LogP contribution in [0.15, 0.2) is 48.6 Å². The van der Waals surface area contributed by atoms with Crippen molar-refractivity contribution in [1.29, 1.82) is 0 Å². The lowest BCUT2D eigenvalue weighted by atomic mass is 9.67. The van der Waals surface area contributed by atoms with Crippen LogP contribution in [0.25, 0.3) is 0 Å². The SMILES string of the molecule is C=C(C)C(=O)NCC(=O)OCCOC1(C)C2(C)CC3C(O2)C1(C)OS3(=O)=O.C=C(C)C(=O)NCC(=O)OCCOC1(C)C2CC3C(O2)C1OS3(=O)=O.C=C(C)C(=O)NCC(=O)OCCOC1C2CC3C(C)(O2)C1OS3(=O)=O.C=C(C)C(=O)NCC(=O)OCCOC1C2OS(=O)(=O)C3CC1(C)OC23. The van der Waals surface area contributed by atoms with E-state index in [0.29, 0.717) is 48.0 Å². The topological polar surface area (TPSA) is 469 Å². The molecule has 4 amide bonds. The zero-order valence-corrected chi connectivity index (χ0v) is 61.2. The lowest BCUT2D eigenvalue weighted by Gasteiger charge is -2.45. The fourth-order valence-electron chi connectivity index (χ4n) is 14.6. The summed E-state index contributed by atoms with van der Waals surface area (Å²) >= 11 is 0. The van der Waals surface area contributed by atoms with Gasteiger partial charge in [-0.15, -0.1) is 0 Å². The van der Waals surface area contributed by atoms with Crippen LogP contribution in [0.3, 0.4) is 0 Å². The number of rotatable bonds is 28. The average molecular weight is 1530 g/mol. The number of amides is 4. The molecule has 12 fully saturated rings. The van der Waals surface area contributed by atoms with E-state index in [1.54, 1.807) is 34.6 Å². The van der Waals surface area contributed by atoms with Crippen molar-refractivity contribution in [1.82, 2.24) is 21.3 Å². The Labute approximate surface area is 590 Å². The zero-order chi connectivity index (χ0) is 75.5. The van der Waals surface area contributed by atoms with Crippen LogP contribution in [-0.2, 0) is 152 Å². The molecule has 12 heterocycles. The molecule has 12 rings (SSSR count). The Bertz CT molecular complexity index is 3880. The van der Waals surface area contributed by atoms with Gasteiger partial charge < -0.3 is 78.1 Å². The Balaban J connectivity index is 0.000000158. The first-order chi connectivity index (χ1) is 47.3. The molecule has 0 aliphatic carbocycles. The van der Waals surface area contributed by atoms with Gasteiger partial charge in [-0.3, -0.25) is 55.1 Å². The third-order valence-corrected chi connectivity index (χ3v) is 27.1. The molecule has 12 saturated heterocycles. The molecular formula is C62H88N4O32S4. The van der Waals surface area contributed by atoms with E-state index in [1.807, 2.05) is 6.92 Å². The van der Waals surface area contributed by atoms with Gasteiger partial charge in [0, 0.05) is 35.1 Å². The summed E-state index contributed by atoms with van der Waals surface area (Å²) in [5.74, 6) is -4.11. The maximum atomic E-state index is 12.2. The molecule has 0 spiro atoms. The molecule has 36 nitrogen and oxygen atoms in total. The smallest absolute Gasteiger partial charge is 0.325 e. The minimum atomic E-state index is -3.70. The normalized spacial score (nSPS) is 38.0. The Hall–Kier alpha value is -5.96. The van der Waals surface area contributed by atoms with Crippen molar-refractivity contribution < 1.29 is 146 Å². The molecule has 0 aromatic heterocycles. The van der Waals surface area contributed by atoms with Crippen LogP contribution in [0.1, 0.15) is 94.9 Å². The van der Waals surface area contributed by atoms with Gasteiger partial charge in [0.1, 0.15) is 145 Å². The third kappa shape index (κ3) is 15.7. The van der Waals surface area contributed by atoms with E-state index in [-0.39, 0.29) is 91.2 Å². The lowest BCUT2D eigenvalue weighted by molar-refractivity contribution is -0.183. The predicted molar refractivity (Wildman–Crippen MR) is 345 cm³/mol. The maximum absolute atomic E-state index is 12.2. The second-order valence-corrected chi connectivity index (χ2v) is 34.7. The molecule has 0 saturated carbocycles. The van der Waals surface area contributed by atoms with Crippen molar-refractivity contribution >= 4 is 88.0 Å². The van der Waals surface area contributed by atoms with E-state index < -0.39 is 191 Å². The largest absolute Gasteiger partial charge is 0.462 e. The van der Waals surface area contributed by atoms with Crippen LogP contribution in [0, 0.1) is 0 Å². The molecule has 20 atom stereocenters. The summed E-state index contributed by atoms with van der Waals surface area (Å²) < 4.78 is 183. The molecule has 12 aliphatic rings. The highest BCUT2D eigenvalue weighted by Gasteiger charge is 2.83. The lowest BCUT2D eigenvalue weighted by Crippen LogP contribution is -2.63. The highest BCUT2D eigenvalue weighted by Crippen LogP contribution is 2.65. The Morgan fingerprint density at radius 3 is 1.42 bits per heavy atom. The number of carbonyl (C=O) groups excluding carboxylic acids is 8. The van der Waals surface area contributed by atoms with Gasteiger partial charge in [-0.05, 0) is 82.1 Å². The molecule has 12 aliphatic heterocycles. The van der Waals surface area contributed by atoms with Crippen molar-refractivity contribution in [2.24, 2.45) is 0 Å². The Morgan fingerprint density at radius 1 is 0.461 bits per heavy atom. The summed E-state index contributed by atoms with van der Waals surface area (Å²) in [7, 11) is -14.5. The summed E-state index contributed by atoms with van der Waals surface area (Å²) in [4.78, 5) is 91.4. The number of hydrogen-bond donors (Lipinski definition) is 4. The van der Waals surface area contributed by atoms with E-state index in [9.17, 15) is 72.0 Å². The molecule has 40 heteroatoms. The van der Waals surface area contributed by atoms with E-state index in [4.69, 9.17) is 73.6 Å². The van der Waals surface area contributed by atoms with E-state index in [0.717, 1.165) is 0 Å². The minimum absolute atomic E-state index is 0.0232. The van der Waals surface area contributed by atoms with E-state index >= 15 is 0 Å². The van der Waals surface area contributed by atoms with Crippen LogP contribution < -0.4 is 21.3 Å². The molecule has 20 unspecified atom stereocenters. The zero-order valence-electron chi connectivity index (χ0n) is 57.9. The van der Waals surface area contributed by atoms with Crippen LogP contribution in [0.4, 0.5) is 0 Å². The van der Waals surface area contributed by atoms with Gasteiger partial charge >= 0.3 is 23.9 Å². The third-order valence-electron chi connectivity index (χ3n) is 20.2. The van der Waals surface area contributed by atoms with Gasteiger partial charge in [0.05, 0.1) is 49.8 Å². The molecule has 4 N–H and O–H groups in total. The van der Waals surface area contributed by atoms with Crippen molar-refractivity contribution in [3.63, 3.8) is 0 Å². The van der Waals surface area contributed by atoms with Gasteiger partial charge in [-0.25, -0.2) is 0 Å². The second-order valence-electron chi connectivity index (χ2n) is 27.6. The number of esters is 4. The van der Waals surface area contributed by atoms with Gasteiger partial charge in [0.25, 0.3) is 40.5 Å². The molecular weight excluding hydrogens is 1440 g/mol. The summed E-state index contributed by atoms with van der Waals surface area (Å²) in [6.45, 7) is 29.5. The first-order valence-corrected chi connectivity index (χ1v) is 38.5. The standard InChI is InChI=1S/C17H25NO8S.3C15H21NO8S/c1-10(2)14(20)18-9-12(19)23-6-7-24-17(5)15(3)8-11-13(25-15)16(17,4)26-27(11,21)22;1-8(2)14(18)16-7-10(17)21-4-5-22-13-12-11-9(25(19,20)24-12)6-15(13,3)23-11;1-8(2)14(18)16-7-11(17)21-4-5-22-15(3)10-6-9-12(23-10)13(15)24-25(9,19)20;1-8(2)14(18)16-7-11(17)21-4-5-22-12-9-6-10-15(3,23-9)13(12)24-25(10,19)20/h11,13H,1,6-9H2,2-5H3,(H,18,20);9,11-13H,1,4-7H2,2-3H3,(H,16,18);2*9-10,12-13H,1,4-7H2,2-3H3,(H,16,18). The van der Waals surface area contributed by atoms with Crippen LogP contribution in [0.5, 0.6) is 0 Å². The number of carbonyl (C=O) groups is 8. The van der Waals surface area contributed by atoms with Crippen molar-refractivity contribution in [2.45, 2.75) is 211 Å². The number of fused-ring (bicyclic) bond motifs is 4. The van der Waals surface area contributed by atoms with Crippen LogP contribution >= 0.6 is 0 Å². The quantitative estimate of drug-likeness (QED) is 0.0213. The summed E-state index contributed by atoms with van der Waals surface area (Å²) in [6.07, 6.45) is -4.05. The van der Waals surface area contributed by atoms with Gasteiger partial charge in [-0.2, -0.15) is 33.7 Å². The molecule has 102 heavy (non-hydrogen) atoms. The molecule has 0 aromatic rings. The summed E-state index contributed by atoms with van der Waals surface area (Å²) in [5.41, 5.74) is -4.29. The predicted octanol–water partition coefficient (Wildman–Crippen LogP) is -2.16. The molecule has 0 aromatic carbocycles. The monoisotopic (exact) mass is 1530 g/mol. The van der Waals surface area contributed by atoms with E-state index in [2.05, 4.69) is 47.6 Å². The number of hydrogen-bond acceptors (Lipinski definition) is 32. The first kappa shape index (κ1) is 80.1. The maximum Gasteiger partial charge on any atom is 0.325 e. The highest BCUT2D eigenvalue weighted by molar-refractivity contribution is 7.88. The van der Waals surface area contributed by atoms with Crippen LogP contribution in [-0.4, -0.2) is 276 Å². The van der Waals surface area contributed by atoms with Crippen molar-refractivity contribution in [2.75, 3.05) is 79.0 Å². The molecule has 0 radical (unpaired) electrons. The van der Waals surface area contributed by atoms with Crippen molar-refractivity contribution in [3.05, 3.63) is 48.6 Å². The van der Waals surface area contributed by atoms with Crippen LogP contribution in [0.2, 0.25) is 0 Å². The second kappa shape index (κ2) is 29.8. The van der Waals surface area contributed by atoms with E-state index in [1.165, 1.54) is 27.7 Å². The van der Waals surface area contributed by atoms with Gasteiger partial charge in [-0.1, -0.05) is 26.3 Å². The molecule has 572 valence electrons. The van der Waals surface area contributed by atoms with Gasteiger partial charge in [0.15, 0.2) is 0 Å². The minimum Gasteiger partial charge on any atom is -0.462 e. The Morgan fingerprint density at radius 2 is 0.922 bits per heavy atom. The summed E-state index contributed by atoms with van der Waals surface area (Å²) in [5, 5.41) is 6.89. The highest BCUT2D eigenvalue weighted by atomic mass is 32.2. The van der Waals surface area contributed by atoms with Gasteiger partial charge in [0.2, 0.25) is 23.6 Å². The fraction of sp³-hybridized carbons (Fsp3) is 0.742. The summed E-state index contributed by atoms with van der Waals surface area (Å²) in [6, 6.07) is 0. The fourth-order valence-corrected chi connectivity index (χ4v) is 22.0. The van der Waals surface area contributed by atoms with Crippen molar-refractivity contribution in [3.8, 4) is 0 Å². The number of nitrogens with one attached hydrogen (secondary N) is 4. The first-order valence-electron chi connectivity index (χ1n) is 32.6. The molecule has 8 bridgehead atoms. The average Bonchev–Trinajstić information content (AvgIpc) is 1.48.